The van der Waals surface area contributed by atoms with Gasteiger partial charge in [0.25, 0.3) is 0 Å². The third-order valence-electron chi connectivity index (χ3n) is 7.40. The van der Waals surface area contributed by atoms with Gasteiger partial charge in [-0.3, -0.25) is 19.2 Å². The highest BCUT2D eigenvalue weighted by Gasteiger charge is 2.74. The molecule has 0 unspecified atom stereocenters. The molecule has 2 fully saturated rings. The maximum atomic E-state index is 13.9. The van der Waals surface area contributed by atoms with Crippen LogP contribution in [0.15, 0.2) is 72.8 Å². The summed E-state index contributed by atoms with van der Waals surface area (Å²) < 4.78 is 6.27. The second-order valence-electron chi connectivity index (χ2n) is 9.17. The number of nitrogens with zero attached hydrogens (tertiary/aromatic N) is 1. The molecule has 168 valence electrons. The number of anilines is 1. The molecule has 6 rings (SSSR count). The summed E-state index contributed by atoms with van der Waals surface area (Å²) in [4.78, 5) is 56.3. The van der Waals surface area contributed by atoms with E-state index in [1.807, 2.05) is 26.0 Å². The molecule has 3 aromatic carbocycles. The summed E-state index contributed by atoms with van der Waals surface area (Å²) in [5, 5.41) is 0. The average molecular weight is 451 g/mol. The first-order valence-corrected chi connectivity index (χ1v) is 11.2. The molecule has 0 aromatic heterocycles. The molecule has 3 aromatic rings. The third-order valence-corrected chi connectivity index (χ3v) is 7.40. The number of ketones is 2. The molecule has 2 amide bonds. The number of aryl methyl sites for hydroxylation is 2. The van der Waals surface area contributed by atoms with Gasteiger partial charge in [-0.25, -0.2) is 4.90 Å². The second-order valence-corrected chi connectivity index (χ2v) is 9.17. The standard InChI is InChI=1S/C28H21NO5/c1-15-12-13-18(14-16(15)2)29-26(32)21-22(27(29)33)28(34-23(21)17-8-4-3-5-9-17)24(30)19-10-6-7-11-20(19)25(28)31/h3-14,21-23H,1-2H3/t21-,22-,23+/m0/s1. The molecule has 0 bridgehead atoms. The Kier molecular flexibility index (Phi) is 4.29. The van der Waals surface area contributed by atoms with Crippen molar-refractivity contribution in [3.05, 3.63) is 101 Å². The van der Waals surface area contributed by atoms with Crippen LogP contribution in [0.2, 0.25) is 0 Å². The van der Waals surface area contributed by atoms with E-state index in [0.717, 1.165) is 16.0 Å². The lowest BCUT2D eigenvalue weighted by Crippen LogP contribution is -2.51. The number of carbonyl (C=O) groups excluding carboxylic acids is 4. The zero-order chi connectivity index (χ0) is 23.8. The van der Waals surface area contributed by atoms with Crippen molar-refractivity contribution >= 4 is 29.1 Å². The van der Waals surface area contributed by atoms with Gasteiger partial charge in [-0.1, -0.05) is 60.7 Å². The first-order chi connectivity index (χ1) is 16.4. The molecule has 3 aliphatic rings. The van der Waals surface area contributed by atoms with E-state index < -0.39 is 46.9 Å². The number of Topliss-reactive ketones (excluding diaryl/α,β-unsaturated/α-hetero) is 2. The Labute approximate surface area is 196 Å². The first-order valence-electron chi connectivity index (χ1n) is 11.2. The quantitative estimate of drug-likeness (QED) is 0.435. The zero-order valence-electron chi connectivity index (χ0n) is 18.6. The fourth-order valence-corrected chi connectivity index (χ4v) is 5.58. The van der Waals surface area contributed by atoms with Crippen LogP contribution in [-0.4, -0.2) is 29.0 Å². The largest absolute Gasteiger partial charge is 0.349 e. The highest BCUT2D eigenvalue weighted by Crippen LogP contribution is 2.57. The molecule has 0 radical (unpaired) electrons. The monoisotopic (exact) mass is 451 g/mol. The summed E-state index contributed by atoms with van der Waals surface area (Å²) in [6, 6.07) is 20.8. The number of carbonyl (C=O) groups is 4. The van der Waals surface area contributed by atoms with Crippen molar-refractivity contribution in [2.45, 2.75) is 25.6 Å². The van der Waals surface area contributed by atoms with Gasteiger partial charge in [0.1, 0.15) is 0 Å². The van der Waals surface area contributed by atoms with E-state index in [0.29, 0.717) is 11.3 Å². The molecular formula is C28H21NO5. The molecule has 6 heteroatoms. The van der Waals surface area contributed by atoms with Crippen molar-refractivity contribution in [1.82, 2.24) is 0 Å². The van der Waals surface area contributed by atoms with Crippen molar-refractivity contribution in [2.24, 2.45) is 11.8 Å². The van der Waals surface area contributed by atoms with E-state index >= 15 is 0 Å². The van der Waals surface area contributed by atoms with Crippen LogP contribution in [0, 0.1) is 25.7 Å². The van der Waals surface area contributed by atoms with Gasteiger partial charge in [-0.15, -0.1) is 0 Å². The predicted octanol–water partition coefficient (Wildman–Crippen LogP) is 4.00. The summed E-state index contributed by atoms with van der Waals surface area (Å²) in [6.45, 7) is 3.85. The van der Waals surface area contributed by atoms with Gasteiger partial charge >= 0.3 is 0 Å². The molecule has 34 heavy (non-hydrogen) atoms. The number of fused-ring (bicyclic) bond motifs is 3. The molecule has 2 aliphatic heterocycles. The Balaban J connectivity index is 1.55. The fourth-order valence-electron chi connectivity index (χ4n) is 5.58. The van der Waals surface area contributed by atoms with Crippen LogP contribution >= 0.6 is 0 Å². The van der Waals surface area contributed by atoms with Gasteiger partial charge < -0.3 is 4.74 Å². The molecule has 0 N–H and O–H groups in total. The van der Waals surface area contributed by atoms with Crippen molar-refractivity contribution in [3.8, 4) is 0 Å². The molecule has 6 nitrogen and oxygen atoms in total. The van der Waals surface area contributed by atoms with Gasteiger partial charge in [0.15, 0.2) is 0 Å². The summed E-state index contributed by atoms with van der Waals surface area (Å²) in [6.07, 6.45) is -0.901. The van der Waals surface area contributed by atoms with Gasteiger partial charge in [-0.05, 0) is 42.7 Å². The van der Waals surface area contributed by atoms with Crippen molar-refractivity contribution in [3.63, 3.8) is 0 Å². The van der Waals surface area contributed by atoms with Gasteiger partial charge in [0, 0.05) is 11.1 Å². The second kappa shape index (κ2) is 7.05. The highest BCUT2D eigenvalue weighted by molar-refractivity contribution is 6.37. The van der Waals surface area contributed by atoms with Gasteiger partial charge in [0.05, 0.1) is 23.6 Å². The molecule has 2 heterocycles. The zero-order valence-corrected chi connectivity index (χ0v) is 18.6. The lowest BCUT2D eigenvalue weighted by molar-refractivity contribution is -0.127. The number of benzene rings is 3. The van der Waals surface area contributed by atoms with Gasteiger partial charge in [-0.2, -0.15) is 0 Å². The highest BCUT2D eigenvalue weighted by atomic mass is 16.5. The SMILES string of the molecule is Cc1ccc(N2C(=O)[C@@H]3[C@@H](c4ccccc4)OC4(C(=O)c5ccccc5C4=O)[C@@H]3C2=O)cc1C. The lowest BCUT2D eigenvalue weighted by Gasteiger charge is -2.27. The smallest absolute Gasteiger partial charge is 0.241 e. The number of imide groups is 1. The maximum Gasteiger partial charge on any atom is 0.241 e. The Bertz CT molecular complexity index is 1370. The van der Waals surface area contributed by atoms with Crippen molar-refractivity contribution < 1.29 is 23.9 Å². The minimum absolute atomic E-state index is 0.227. The molecule has 1 aliphatic carbocycles. The van der Waals surface area contributed by atoms with Crippen molar-refractivity contribution in [2.75, 3.05) is 4.90 Å². The molecule has 3 atom stereocenters. The molecule has 1 spiro atoms. The summed E-state index contributed by atoms with van der Waals surface area (Å²) in [5.74, 6) is -4.36. The average Bonchev–Trinajstić information content (AvgIpc) is 3.42. The normalized spacial score (nSPS) is 24.8. The van der Waals surface area contributed by atoms with E-state index in [1.165, 1.54) is 0 Å². The summed E-state index contributed by atoms with van der Waals surface area (Å²) in [7, 11) is 0. The van der Waals surface area contributed by atoms with Gasteiger partial charge in [0.2, 0.25) is 29.0 Å². The Morgan fingerprint density at radius 3 is 1.97 bits per heavy atom. The minimum atomic E-state index is -2.05. The summed E-state index contributed by atoms with van der Waals surface area (Å²) in [5.41, 5.74) is 1.45. The van der Waals surface area contributed by atoms with E-state index in [-0.39, 0.29) is 11.1 Å². The molecular weight excluding hydrogens is 430 g/mol. The van der Waals surface area contributed by atoms with Crippen LogP contribution in [0.4, 0.5) is 5.69 Å². The predicted molar refractivity (Wildman–Crippen MR) is 123 cm³/mol. The first kappa shape index (κ1) is 20.7. The van der Waals surface area contributed by atoms with E-state index in [4.69, 9.17) is 4.74 Å². The van der Waals surface area contributed by atoms with Crippen LogP contribution in [0.25, 0.3) is 0 Å². The van der Waals surface area contributed by atoms with E-state index in [2.05, 4.69) is 0 Å². The van der Waals surface area contributed by atoms with Crippen LogP contribution < -0.4 is 4.90 Å². The molecule has 2 saturated heterocycles. The fraction of sp³-hybridized carbons (Fsp3) is 0.214. The van der Waals surface area contributed by atoms with Crippen LogP contribution in [0.5, 0.6) is 0 Å². The lowest BCUT2D eigenvalue weighted by atomic mass is 9.77. The van der Waals surface area contributed by atoms with Crippen LogP contribution in [0.3, 0.4) is 0 Å². The minimum Gasteiger partial charge on any atom is -0.349 e. The third kappa shape index (κ3) is 2.49. The molecule has 0 saturated carbocycles. The maximum absolute atomic E-state index is 13.9. The van der Waals surface area contributed by atoms with E-state index in [1.54, 1.807) is 60.7 Å². The number of amides is 2. The Morgan fingerprint density at radius 2 is 1.35 bits per heavy atom. The van der Waals surface area contributed by atoms with Crippen LogP contribution in [0.1, 0.15) is 43.5 Å². The Morgan fingerprint density at radius 1 is 0.735 bits per heavy atom. The number of hydrogen-bond donors (Lipinski definition) is 0. The number of hydrogen-bond acceptors (Lipinski definition) is 5. The summed E-state index contributed by atoms with van der Waals surface area (Å²) >= 11 is 0. The van der Waals surface area contributed by atoms with Crippen LogP contribution in [-0.2, 0) is 14.3 Å². The Hall–Kier alpha value is -3.90. The number of ether oxygens (including phenoxy) is 1. The number of rotatable bonds is 2. The van der Waals surface area contributed by atoms with Crippen molar-refractivity contribution in [1.29, 1.82) is 0 Å². The van der Waals surface area contributed by atoms with E-state index in [9.17, 15) is 19.2 Å². The topological polar surface area (TPSA) is 80.8 Å².